The number of esters is 1. The van der Waals surface area contributed by atoms with Crippen molar-refractivity contribution in [1.82, 2.24) is 0 Å². The zero-order valence-corrected chi connectivity index (χ0v) is 10.8. The highest BCUT2D eigenvalue weighted by Crippen LogP contribution is 2.15. The second kappa shape index (κ2) is 6.47. The number of carbonyl (C=O) groups excluding carboxylic acids is 1. The molecule has 0 radical (unpaired) electrons. The van der Waals surface area contributed by atoms with E-state index in [4.69, 9.17) is 9.84 Å². The quantitative estimate of drug-likeness (QED) is 0.533. The van der Waals surface area contributed by atoms with Gasteiger partial charge in [0.15, 0.2) is 0 Å². The van der Waals surface area contributed by atoms with Gasteiger partial charge in [-0.2, -0.15) is 0 Å². The van der Waals surface area contributed by atoms with E-state index < -0.39 is 17.8 Å². The Morgan fingerprint density at radius 3 is 2.19 bits per heavy atom. The highest BCUT2D eigenvalue weighted by atomic mass is 19.1. The van der Waals surface area contributed by atoms with Crippen molar-refractivity contribution in [3.63, 3.8) is 0 Å². The molecule has 0 fully saturated rings. The number of hydrogen-bond acceptors (Lipinski definition) is 3. The van der Waals surface area contributed by atoms with E-state index in [9.17, 15) is 14.0 Å². The maximum absolute atomic E-state index is 12.8. The largest absolute Gasteiger partial charge is 0.478 e. The third-order valence-electron chi connectivity index (χ3n) is 2.59. The Balaban J connectivity index is 2.04. The van der Waals surface area contributed by atoms with Crippen molar-refractivity contribution >= 4 is 18.0 Å². The molecule has 0 unspecified atom stereocenters. The molecule has 2 aromatic carbocycles. The molecule has 4 nitrogen and oxygen atoms in total. The number of aliphatic carboxylic acids is 1. The van der Waals surface area contributed by atoms with Gasteiger partial charge in [0.25, 0.3) is 0 Å². The SMILES string of the molecule is O=C(O)C=Cc1ccc(OC(=O)c2ccc(F)cc2)cc1. The number of carbonyl (C=O) groups is 2. The summed E-state index contributed by atoms with van der Waals surface area (Å²) in [6.45, 7) is 0. The molecule has 0 aliphatic rings. The molecule has 0 aromatic heterocycles. The third-order valence-corrected chi connectivity index (χ3v) is 2.59. The van der Waals surface area contributed by atoms with Gasteiger partial charge in [0.1, 0.15) is 11.6 Å². The van der Waals surface area contributed by atoms with Gasteiger partial charge < -0.3 is 9.84 Å². The predicted molar refractivity (Wildman–Crippen MR) is 74.5 cm³/mol. The average molecular weight is 286 g/mol. The number of benzene rings is 2. The molecule has 0 spiro atoms. The van der Waals surface area contributed by atoms with Gasteiger partial charge in [-0.3, -0.25) is 0 Å². The summed E-state index contributed by atoms with van der Waals surface area (Å²) < 4.78 is 17.9. The van der Waals surface area contributed by atoms with Crippen LogP contribution < -0.4 is 4.74 Å². The Kier molecular flexibility index (Phi) is 4.46. The molecule has 106 valence electrons. The molecule has 21 heavy (non-hydrogen) atoms. The van der Waals surface area contributed by atoms with Crippen LogP contribution in [0.2, 0.25) is 0 Å². The van der Waals surface area contributed by atoms with Crippen LogP contribution in [0.1, 0.15) is 15.9 Å². The molecule has 0 aliphatic carbocycles. The van der Waals surface area contributed by atoms with Gasteiger partial charge in [0.2, 0.25) is 0 Å². The summed E-state index contributed by atoms with van der Waals surface area (Å²) in [7, 11) is 0. The normalized spacial score (nSPS) is 10.5. The van der Waals surface area contributed by atoms with E-state index in [1.807, 2.05) is 0 Å². The van der Waals surface area contributed by atoms with Crippen molar-refractivity contribution in [3.8, 4) is 5.75 Å². The van der Waals surface area contributed by atoms with E-state index in [1.54, 1.807) is 24.3 Å². The molecule has 1 N–H and O–H groups in total. The van der Waals surface area contributed by atoms with Crippen LogP contribution in [-0.2, 0) is 4.79 Å². The second-order valence-electron chi connectivity index (χ2n) is 4.14. The lowest BCUT2D eigenvalue weighted by Crippen LogP contribution is -2.08. The van der Waals surface area contributed by atoms with Gasteiger partial charge in [0.05, 0.1) is 5.56 Å². The van der Waals surface area contributed by atoms with Crippen LogP contribution in [-0.4, -0.2) is 17.0 Å². The van der Waals surface area contributed by atoms with Crippen molar-refractivity contribution in [2.45, 2.75) is 0 Å². The zero-order valence-electron chi connectivity index (χ0n) is 10.8. The summed E-state index contributed by atoms with van der Waals surface area (Å²) in [5.74, 6) is -1.75. The van der Waals surface area contributed by atoms with Crippen LogP contribution in [0.15, 0.2) is 54.6 Å². The lowest BCUT2D eigenvalue weighted by molar-refractivity contribution is -0.131. The van der Waals surface area contributed by atoms with Crippen LogP contribution in [0.3, 0.4) is 0 Å². The van der Waals surface area contributed by atoms with Crippen LogP contribution >= 0.6 is 0 Å². The minimum absolute atomic E-state index is 0.242. The molecule has 0 heterocycles. The summed E-state index contributed by atoms with van der Waals surface area (Å²) in [5, 5.41) is 8.51. The minimum Gasteiger partial charge on any atom is -0.478 e. The molecule has 0 aliphatic heterocycles. The monoisotopic (exact) mass is 286 g/mol. The van der Waals surface area contributed by atoms with Gasteiger partial charge in [0, 0.05) is 6.08 Å². The van der Waals surface area contributed by atoms with Crippen molar-refractivity contribution in [1.29, 1.82) is 0 Å². The summed E-state index contributed by atoms with van der Waals surface area (Å²) in [5.41, 5.74) is 0.908. The molecule has 2 aromatic rings. The molecule has 0 saturated heterocycles. The second-order valence-corrected chi connectivity index (χ2v) is 4.14. The number of carboxylic acids is 1. The van der Waals surface area contributed by atoms with E-state index in [2.05, 4.69) is 0 Å². The Morgan fingerprint density at radius 2 is 1.62 bits per heavy atom. The van der Waals surface area contributed by atoms with Crippen molar-refractivity contribution in [2.24, 2.45) is 0 Å². The fraction of sp³-hybridized carbons (Fsp3) is 0. The summed E-state index contributed by atoms with van der Waals surface area (Å²) in [6.07, 6.45) is 2.44. The number of rotatable bonds is 4. The van der Waals surface area contributed by atoms with E-state index in [1.165, 1.54) is 30.3 Å². The Bertz CT molecular complexity index is 672. The van der Waals surface area contributed by atoms with E-state index in [-0.39, 0.29) is 5.56 Å². The van der Waals surface area contributed by atoms with Crippen LogP contribution in [0, 0.1) is 5.82 Å². The molecular formula is C16H11FO4. The van der Waals surface area contributed by atoms with Crippen LogP contribution in [0.25, 0.3) is 6.08 Å². The Morgan fingerprint density at radius 1 is 1.00 bits per heavy atom. The number of carboxylic acid groups (broad SMARTS) is 1. The fourth-order valence-electron chi connectivity index (χ4n) is 1.57. The summed E-state index contributed by atoms with van der Waals surface area (Å²) in [4.78, 5) is 22.2. The minimum atomic E-state index is -1.04. The molecule has 0 saturated carbocycles. The number of ether oxygens (including phenoxy) is 1. The zero-order chi connectivity index (χ0) is 15.2. The van der Waals surface area contributed by atoms with E-state index >= 15 is 0 Å². The first-order chi connectivity index (χ1) is 10.0. The number of halogens is 1. The smallest absolute Gasteiger partial charge is 0.343 e. The summed E-state index contributed by atoms with van der Waals surface area (Å²) in [6, 6.07) is 11.3. The van der Waals surface area contributed by atoms with Gasteiger partial charge in [-0.05, 0) is 48.0 Å². The standard InChI is InChI=1S/C16H11FO4/c17-13-6-4-12(5-7-13)16(20)21-14-8-1-11(2-9-14)3-10-15(18)19/h1-10H,(H,18,19). The molecule has 2 rings (SSSR count). The first-order valence-electron chi connectivity index (χ1n) is 6.03. The summed E-state index contributed by atoms with van der Waals surface area (Å²) >= 11 is 0. The van der Waals surface area contributed by atoms with Crippen molar-refractivity contribution in [3.05, 3.63) is 71.6 Å². The van der Waals surface area contributed by atoms with Crippen LogP contribution in [0.4, 0.5) is 4.39 Å². The fourth-order valence-corrected chi connectivity index (χ4v) is 1.57. The maximum Gasteiger partial charge on any atom is 0.343 e. The number of hydrogen-bond donors (Lipinski definition) is 1. The Hall–Kier alpha value is -2.95. The maximum atomic E-state index is 12.8. The van der Waals surface area contributed by atoms with E-state index in [0.29, 0.717) is 11.3 Å². The predicted octanol–water partition coefficient (Wildman–Crippen LogP) is 3.14. The van der Waals surface area contributed by atoms with E-state index in [0.717, 1.165) is 6.08 Å². The third kappa shape index (κ3) is 4.28. The van der Waals surface area contributed by atoms with Crippen LogP contribution in [0.5, 0.6) is 5.75 Å². The topological polar surface area (TPSA) is 63.6 Å². The van der Waals surface area contributed by atoms with Crippen molar-refractivity contribution in [2.75, 3.05) is 0 Å². The van der Waals surface area contributed by atoms with Gasteiger partial charge in [-0.25, -0.2) is 14.0 Å². The molecule has 0 bridgehead atoms. The lowest BCUT2D eigenvalue weighted by Gasteiger charge is -2.04. The molecule has 0 atom stereocenters. The van der Waals surface area contributed by atoms with Gasteiger partial charge in [-0.1, -0.05) is 12.1 Å². The average Bonchev–Trinajstić information content (AvgIpc) is 2.47. The molecule has 5 heteroatoms. The highest BCUT2D eigenvalue weighted by molar-refractivity contribution is 5.91. The van der Waals surface area contributed by atoms with Gasteiger partial charge in [-0.15, -0.1) is 0 Å². The first-order valence-corrected chi connectivity index (χ1v) is 6.03. The molecular weight excluding hydrogens is 275 g/mol. The lowest BCUT2D eigenvalue weighted by atomic mass is 10.2. The van der Waals surface area contributed by atoms with Crippen molar-refractivity contribution < 1.29 is 23.8 Å². The Labute approximate surface area is 120 Å². The van der Waals surface area contributed by atoms with Gasteiger partial charge >= 0.3 is 11.9 Å². The highest BCUT2D eigenvalue weighted by Gasteiger charge is 2.08. The molecule has 0 amide bonds. The first kappa shape index (κ1) is 14.5.